The number of hydrogen-bond donors (Lipinski definition) is 1. The second-order valence-corrected chi connectivity index (χ2v) is 4.24. The van der Waals surface area contributed by atoms with Crippen LogP contribution in [0.5, 0.6) is 0 Å². The van der Waals surface area contributed by atoms with Crippen LogP contribution in [0.25, 0.3) is 11.1 Å². The summed E-state index contributed by atoms with van der Waals surface area (Å²) >= 11 is 0. The molecule has 1 N–H and O–H groups in total. The van der Waals surface area contributed by atoms with Gasteiger partial charge >= 0.3 is 0 Å². The molecule has 2 aromatic carbocycles. The van der Waals surface area contributed by atoms with E-state index in [-0.39, 0.29) is 0 Å². The van der Waals surface area contributed by atoms with Crippen LogP contribution in [0.3, 0.4) is 0 Å². The van der Waals surface area contributed by atoms with Gasteiger partial charge in [-0.25, -0.2) is 0 Å². The molecule has 0 unspecified atom stereocenters. The van der Waals surface area contributed by atoms with Crippen LogP contribution in [-0.4, -0.2) is 7.05 Å². The molecule has 2 rings (SSSR count). The highest BCUT2D eigenvalue weighted by atomic mass is 14.8. The third kappa shape index (κ3) is 2.75. The first-order valence-electron chi connectivity index (χ1n) is 6.17. The van der Waals surface area contributed by atoms with Crippen molar-refractivity contribution in [1.29, 1.82) is 0 Å². The lowest BCUT2D eigenvalue weighted by molar-refractivity contribution is 0.818. The Kier molecular flexibility index (Phi) is 3.94. The molecule has 1 heteroatoms. The summed E-state index contributed by atoms with van der Waals surface area (Å²) in [5.74, 6) is 0. The number of benzene rings is 2. The highest BCUT2D eigenvalue weighted by molar-refractivity contribution is 5.67. The Morgan fingerprint density at radius 3 is 2.59 bits per heavy atom. The molecule has 0 aliphatic rings. The van der Waals surface area contributed by atoms with Crippen molar-refractivity contribution in [3.8, 4) is 11.1 Å². The van der Waals surface area contributed by atoms with Crippen molar-refractivity contribution in [3.63, 3.8) is 0 Å². The van der Waals surface area contributed by atoms with E-state index < -0.39 is 0 Å². The zero-order chi connectivity index (χ0) is 12.1. The SMILES string of the molecule is CCc1ccccc1-c1cccc(CNC)c1. The first-order chi connectivity index (χ1) is 8.35. The van der Waals surface area contributed by atoms with Gasteiger partial charge in [0.25, 0.3) is 0 Å². The molecule has 0 atom stereocenters. The van der Waals surface area contributed by atoms with Gasteiger partial charge in [-0.15, -0.1) is 0 Å². The van der Waals surface area contributed by atoms with Gasteiger partial charge in [0, 0.05) is 6.54 Å². The van der Waals surface area contributed by atoms with Crippen LogP contribution < -0.4 is 5.32 Å². The van der Waals surface area contributed by atoms with Gasteiger partial charge in [-0.1, -0.05) is 49.4 Å². The van der Waals surface area contributed by atoms with Crippen LogP contribution in [0, 0.1) is 0 Å². The molecular weight excluding hydrogens is 206 g/mol. The summed E-state index contributed by atoms with van der Waals surface area (Å²) in [7, 11) is 1.98. The van der Waals surface area contributed by atoms with Crippen molar-refractivity contribution in [2.75, 3.05) is 7.05 Å². The van der Waals surface area contributed by atoms with Crippen molar-refractivity contribution < 1.29 is 0 Å². The van der Waals surface area contributed by atoms with Crippen LogP contribution >= 0.6 is 0 Å². The van der Waals surface area contributed by atoms with E-state index in [2.05, 4.69) is 60.8 Å². The largest absolute Gasteiger partial charge is 0.316 e. The lowest BCUT2D eigenvalue weighted by Crippen LogP contribution is -2.04. The number of hydrogen-bond acceptors (Lipinski definition) is 1. The predicted octanol–water partition coefficient (Wildman–Crippen LogP) is 3.64. The van der Waals surface area contributed by atoms with Crippen LogP contribution in [0.2, 0.25) is 0 Å². The Morgan fingerprint density at radius 2 is 1.82 bits per heavy atom. The van der Waals surface area contributed by atoms with Crippen molar-refractivity contribution >= 4 is 0 Å². The summed E-state index contributed by atoms with van der Waals surface area (Å²) in [6.45, 7) is 3.12. The Bertz CT molecular complexity index is 488. The highest BCUT2D eigenvalue weighted by Crippen LogP contribution is 2.24. The van der Waals surface area contributed by atoms with Gasteiger partial charge in [-0.3, -0.25) is 0 Å². The Hall–Kier alpha value is -1.60. The fourth-order valence-corrected chi connectivity index (χ4v) is 2.16. The Labute approximate surface area is 103 Å². The quantitative estimate of drug-likeness (QED) is 0.837. The van der Waals surface area contributed by atoms with Crippen LogP contribution in [-0.2, 0) is 13.0 Å². The van der Waals surface area contributed by atoms with E-state index in [4.69, 9.17) is 0 Å². The average molecular weight is 225 g/mol. The normalized spacial score (nSPS) is 10.5. The molecule has 2 aromatic rings. The van der Waals surface area contributed by atoms with Crippen molar-refractivity contribution in [3.05, 3.63) is 59.7 Å². The maximum absolute atomic E-state index is 3.19. The third-order valence-electron chi connectivity index (χ3n) is 3.02. The zero-order valence-electron chi connectivity index (χ0n) is 10.5. The Morgan fingerprint density at radius 1 is 1.00 bits per heavy atom. The van der Waals surface area contributed by atoms with Crippen molar-refractivity contribution in [1.82, 2.24) is 5.32 Å². The second kappa shape index (κ2) is 5.65. The molecule has 0 radical (unpaired) electrons. The maximum Gasteiger partial charge on any atom is 0.0202 e. The number of rotatable bonds is 4. The second-order valence-electron chi connectivity index (χ2n) is 4.24. The monoisotopic (exact) mass is 225 g/mol. The minimum atomic E-state index is 0.919. The van der Waals surface area contributed by atoms with Crippen molar-refractivity contribution in [2.45, 2.75) is 19.9 Å². The van der Waals surface area contributed by atoms with E-state index in [1.807, 2.05) is 7.05 Å². The van der Waals surface area contributed by atoms with Crippen LogP contribution in [0.4, 0.5) is 0 Å². The van der Waals surface area contributed by atoms with Gasteiger partial charge in [0.15, 0.2) is 0 Å². The first kappa shape index (κ1) is 11.9. The number of aryl methyl sites for hydroxylation is 1. The smallest absolute Gasteiger partial charge is 0.0202 e. The van der Waals surface area contributed by atoms with Crippen LogP contribution in [0.15, 0.2) is 48.5 Å². The minimum absolute atomic E-state index is 0.919. The van der Waals surface area contributed by atoms with E-state index >= 15 is 0 Å². The van der Waals surface area contributed by atoms with Gasteiger partial charge in [0.2, 0.25) is 0 Å². The molecule has 0 aliphatic heterocycles. The van der Waals surface area contributed by atoms with Crippen LogP contribution in [0.1, 0.15) is 18.1 Å². The van der Waals surface area contributed by atoms with Gasteiger partial charge in [-0.2, -0.15) is 0 Å². The fraction of sp³-hybridized carbons (Fsp3) is 0.250. The molecule has 88 valence electrons. The summed E-state index contributed by atoms with van der Waals surface area (Å²) < 4.78 is 0. The van der Waals surface area contributed by atoms with Gasteiger partial charge in [-0.05, 0) is 41.8 Å². The molecule has 0 aliphatic carbocycles. The van der Waals surface area contributed by atoms with Gasteiger partial charge < -0.3 is 5.32 Å². The summed E-state index contributed by atoms with van der Waals surface area (Å²) in [6.07, 6.45) is 1.08. The third-order valence-corrected chi connectivity index (χ3v) is 3.02. The highest BCUT2D eigenvalue weighted by Gasteiger charge is 2.03. The lowest BCUT2D eigenvalue weighted by atomic mass is 9.97. The topological polar surface area (TPSA) is 12.0 Å². The molecular formula is C16H19N. The molecule has 0 heterocycles. The molecule has 1 nitrogen and oxygen atoms in total. The molecule has 0 spiro atoms. The summed E-state index contributed by atoms with van der Waals surface area (Å²) in [6, 6.07) is 17.4. The maximum atomic E-state index is 3.19. The fourth-order valence-electron chi connectivity index (χ4n) is 2.16. The lowest BCUT2D eigenvalue weighted by Gasteiger charge is -2.09. The predicted molar refractivity (Wildman–Crippen MR) is 74.0 cm³/mol. The zero-order valence-corrected chi connectivity index (χ0v) is 10.5. The minimum Gasteiger partial charge on any atom is -0.316 e. The van der Waals surface area contributed by atoms with E-state index in [0.717, 1.165) is 13.0 Å². The molecule has 0 amide bonds. The first-order valence-corrected chi connectivity index (χ1v) is 6.17. The number of nitrogens with one attached hydrogen (secondary N) is 1. The average Bonchev–Trinajstić information content (AvgIpc) is 2.39. The molecule has 0 bridgehead atoms. The van der Waals surface area contributed by atoms with Crippen molar-refractivity contribution in [2.24, 2.45) is 0 Å². The molecule has 17 heavy (non-hydrogen) atoms. The summed E-state index contributed by atoms with van der Waals surface area (Å²) in [4.78, 5) is 0. The molecule has 0 aromatic heterocycles. The molecule has 0 saturated carbocycles. The van der Waals surface area contributed by atoms with Gasteiger partial charge in [0.05, 0.1) is 0 Å². The van der Waals surface area contributed by atoms with E-state index in [1.165, 1.54) is 22.3 Å². The molecule has 0 fully saturated rings. The molecule has 0 saturated heterocycles. The van der Waals surface area contributed by atoms with E-state index in [9.17, 15) is 0 Å². The van der Waals surface area contributed by atoms with E-state index in [1.54, 1.807) is 0 Å². The van der Waals surface area contributed by atoms with E-state index in [0.29, 0.717) is 0 Å². The summed E-state index contributed by atoms with van der Waals surface area (Å²) in [5.41, 5.74) is 5.41. The van der Waals surface area contributed by atoms with Gasteiger partial charge in [0.1, 0.15) is 0 Å². The Balaban J connectivity index is 2.41. The standard InChI is InChI=1S/C16H19N/c1-3-14-8-4-5-10-16(14)15-9-6-7-13(11-15)12-17-2/h4-11,17H,3,12H2,1-2H3. The summed E-state index contributed by atoms with van der Waals surface area (Å²) in [5, 5.41) is 3.19.